The van der Waals surface area contributed by atoms with Crippen LogP contribution in [0.4, 0.5) is 5.69 Å². The molecule has 2 rings (SSSR count). The summed E-state index contributed by atoms with van der Waals surface area (Å²) in [6.07, 6.45) is 1.02. The first-order valence-electron chi connectivity index (χ1n) is 7.89. The maximum atomic E-state index is 12.6. The van der Waals surface area contributed by atoms with E-state index in [4.69, 9.17) is 9.84 Å². The molecule has 0 aliphatic heterocycles. The van der Waals surface area contributed by atoms with Crippen LogP contribution in [0.25, 0.3) is 0 Å². The Balaban J connectivity index is 2.14. The van der Waals surface area contributed by atoms with Crippen molar-refractivity contribution in [1.29, 1.82) is 0 Å². The minimum Gasteiger partial charge on any atom is -0.494 e. The molecule has 2 aromatic rings. The number of hydrogen-bond acceptors (Lipinski definition) is 3. The van der Waals surface area contributed by atoms with Gasteiger partial charge < -0.3 is 14.7 Å². The summed E-state index contributed by atoms with van der Waals surface area (Å²) >= 11 is 0. The van der Waals surface area contributed by atoms with E-state index >= 15 is 0 Å². The van der Waals surface area contributed by atoms with Crippen molar-refractivity contribution < 1.29 is 19.4 Å². The van der Waals surface area contributed by atoms with Gasteiger partial charge in [-0.05, 0) is 36.2 Å². The number of carboxylic acid groups (broad SMARTS) is 1. The molecule has 5 nitrogen and oxygen atoms in total. The van der Waals surface area contributed by atoms with Gasteiger partial charge in [0, 0.05) is 5.69 Å². The maximum absolute atomic E-state index is 12.6. The predicted octanol–water partition coefficient (Wildman–Crippen LogP) is 3.14. The van der Waals surface area contributed by atoms with Gasteiger partial charge in [-0.3, -0.25) is 9.59 Å². The minimum atomic E-state index is -1.05. The van der Waals surface area contributed by atoms with E-state index in [9.17, 15) is 9.59 Å². The zero-order valence-electron chi connectivity index (χ0n) is 13.6. The molecule has 1 N–H and O–H groups in total. The van der Waals surface area contributed by atoms with E-state index < -0.39 is 5.97 Å². The molecule has 0 aromatic heterocycles. The second-order valence-electron chi connectivity index (χ2n) is 5.38. The molecule has 24 heavy (non-hydrogen) atoms. The third-order valence-electron chi connectivity index (χ3n) is 3.39. The van der Waals surface area contributed by atoms with Crippen molar-refractivity contribution in [1.82, 2.24) is 0 Å². The monoisotopic (exact) mass is 327 g/mol. The van der Waals surface area contributed by atoms with Gasteiger partial charge in [-0.25, -0.2) is 0 Å². The van der Waals surface area contributed by atoms with Crippen molar-refractivity contribution in [2.24, 2.45) is 0 Å². The summed E-state index contributed by atoms with van der Waals surface area (Å²) in [5, 5.41) is 9.09. The Morgan fingerprint density at radius 1 is 1.08 bits per heavy atom. The molecule has 2 aromatic carbocycles. The molecule has 0 atom stereocenters. The van der Waals surface area contributed by atoms with Gasteiger partial charge in [0.05, 0.1) is 13.0 Å². The van der Waals surface area contributed by atoms with Crippen molar-refractivity contribution in [2.45, 2.75) is 19.8 Å². The quantitative estimate of drug-likeness (QED) is 0.809. The topological polar surface area (TPSA) is 66.8 Å². The van der Waals surface area contributed by atoms with Crippen LogP contribution in [0.15, 0.2) is 54.6 Å². The molecule has 126 valence electrons. The van der Waals surface area contributed by atoms with Crippen LogP contribution in [-0.4, -0.2) is 30.1 Å². The number of anilines is 1. The lowest BCUT2D eigenvalue weighted by Gasteiger charge is -2.21. The van der Waals surface area contributed by atoms with Crippen molar-refractivity contribution in [3.63, 3.8) is 0 Å². The van der Waals surface area contributed by atoms with Crippen LogP contribution in [-0.2, 0) is 16.0 Å². The SMILES string of the molecule is CCCOc1cccc(CC(=O)N(CC(=O)O)c2ccccc2)c1. The Morgan fingerprint density at radius 3 is 2.50 bits per heavy atom. The summed E-state index contributed by atoms with van der Waals surface area (Å²) in [5.74, 6) is -0.602. The van der Waals surface area contributed by atoms with Crippen molar-refractivity contribution in [2.75, 3.05) is 18.1 Å². The van der Waals surface area contributed by atoms with Crippen LogP contribution in [0, 0.1) is 0 Å². The van der Waals surface area contributed by atoms with E-state index in [1.54, 1.807) is 24.3 Å². The van der Waals surface area contributed by atoms with Gasteiger partial charge in [0.2, 0.25) is 5.91 Å². The Labute approximate surface area is 141 Å². The number of para-hydroxylation sites is 1. The largest absolute Gasteiger partial charge is 0.494 e. The smallest absolute Gasteiger partial charge is 0.323 e. The van der Waals surface area contributed by atoms with E-state index in [2.05, 4.69) is 0 Å². The molecule has 0 unspecified atom stereocenters. The first kappa shape index (κ1) is 17.5. The average Bonchev–Trinajstić information content (AvgIpc) is 2.58. The van der Waals surface area contributed by atoms with Crippen molar-refractivity contribution in [3.05, 3.63) is 60.2 Å². The van der Waals surface area contributed by atoms with E-state index in [1.165, 1.54) is 4.90 Å². The van der Waals surface area contributed by atoms with Crippen LogP contribution in [0.2, 0.25) is 0 Å². The molecule has 0 spiro atoms. The second-order valence-corrected chi connectivity index (χ2v) is 5.38. The van der Waals surface area contributed by atoms with Crippen LogP contribution >= 0.6 is 0 Å². The van der Waals surface area contributed by atoms with Gasteiger partial charge >= 0.3 is 5.97 Å². The van der Waals surface area contributed by atoms with Gasteiger partial charge in [-0.2, -0.15) is 0 Å². The number of carboxylic acids is 1. The highest BCUT2D eigenvalue weighted by molar-refractivity contribution is 5.98. The molecule has 0 radical (unpaired) electrons. The second kappa shape index (κ2) is 8.72. The highest BCUT2D eigenvalue weighted by Crippen LogP contribution is 2.18. The molecular formula is C19H21NO4. The molecule has 1 amide bonds. The fourth-order valence-electron chi connectivity index (χ4n) is 2.30. The molecule has 0 fully saturated rings. The standard InChI is InChI=1S/C19H21NO4/c1-2-11-24-17-10-6-7-15(12-17)13-18(21)20(14-19(22)23)16-8-4-3-5-9-16/h3-10,12H,2,11,13-14H2,1H3,(H,22,23). The fourth-order valence-corrected chi connectivity index (χ4v) is 2.30. The molecule has 0 heterocycles. The minimum absolute atomic E-state index is 0.117. The summed E-state index contributed by atoms with van der Waals surface area (Å²) in [6, 6.07) is 16.1. The van der Waals surface area contributed by atoms with Gasteiger partial charge in [-0.1, -0.05) is 37.3 Å². The number of hydrogen-bond donors (Lipinski definition) is 1. The van der Waals surface area contributed by atoms with Gasteiger partial charge in [-0.15, -0.1) is 0 Å². The molecule has 0 bridgehead atoms. The molecule has 0 saturated carbocycles. The van der Waals surface area contributed by atoms with Crippen molar-refractivity contribution >= 4 is 17.6 Å². The van der Waals surface area contributed by atoms with Crippen LogP contribution in [0.5, 0.6) is 5.75 Å². The molecule has 0 saturated heterocycles. The third-order valence-corrected chi connectivity index (χ3v) is 3.39. The lowest BCUT2D eigenvalue weighted by Crippen LogP contribution is -2.36. The number of nitrogens with zero attached hydrogens (tertiary/aromatic N) is 1. The summed E-state index contributed by atoms with van der Waals surface area (Å²) in [7, 11) is 0. The zero-order valence-corrected chi connectivity index (χ0v) is 13.6. The van der Waals surface area contributed by atoms with E-state index in [0.29, 0.717) is 18.0 Å². The Bertz CT molecular complexity index is 685. The van der Waals surface area contributed by atoms with Gasteiger partial charge in [0.15, 0.2) is 0 Å². The van der Waals surface area contributed by atoms with E-state index in [1.807, 2.05) is 37.3 Å². The fraction of sp³-hybridized carbons (Fsp3) is 0.263. The summed E-state index contributed by atoms with van der Waals surface area (Å²) in [5.41, 5.74) is 1.36. The van der Waals surface area contributed by atoms with Crippen molar-refractivity contribution in [3.8, 4) is 5.75 Å². The summed E-state index contributed by atoms with van der Waals surface area (Å²) in [4.78, 5) is 25.0. The lowest BCUT2D eigenvalue weighted by atomic mass is 10.1. The molecule has 0 aliphatic rings. The first-order valence-corrected chi connectivity index (χ1v) is 7.89. The molecule has 0 aliphatic carbocycles. The predicted molar refractivity (Wildman–Crippen MR) is 92.4 cm³/mol. The summed E-state index contributed by atoms with van der Waals surface area (Å²) in [6.45, 7) is 2.28. The Hall–Kier alpha value is -2.82. The Kier molecular flexibility index (Phi) is 6.37. The average molecular weight is 327 g/mol. The molecule has 5 heteroatoms. The maximum Gasteiger partial charge on any atom is 0.323 e. The normalized spacial score (nSPS) is 10.2. The number of amides is 1. The number of ether oxygens (including phenoxy) is 1. The van der Waals surface area contributed by atoms with Crippen LogP contribution < -0.4 is 9.64 Å². The zero-order chi connectivity index (χ0) is 17.4. The number of carbonyl (C=O) groups excluding carboxylic acids is 1. The summed E-state index contributed by atoms with van der Waals surface area (Å²) < 4.78 is 5.57. The number of rotatable bonds is 8. The highest BCUT2D eigenvalue weighted by atomic mass is 16.5. The van der Waals surface area contributed by atoms with Crippen LogP contribution in [0.1, 0.15) is 18.9 Å². The van der Waals surface area contributed by atoms with E-state index in [0.717, 1.165) is 12.0 Å². The number of benzene rings is 2. The number of carbonyl (C=O) groups is 2. The lowest BCUT2D eigenvalue weighted by molar-refractivity contribution is -0.136. The third kappa shape index (κ3) is 5.12. The molecular weight excluding hydrogens is 306 g/mol. The van der Waals surface area contributed by atoms with Gasteiger partial charge in [0.1, 0.15) is 12.3 Å². The Morgan fingerprint density at radius 2 is 1.83 bits per heavy atom. The van der Waals surface area contributed by atoms with Crippen LogP contribution in [0.3, 0.4) is 0 Å². The highest BCUT2D eigenvalue weighted by Gasteiger charge is 2.19. The van der Waals surface area contributed by atoms with Gasteiger partial charge in [0.25, 0.3) is 0 Å². The number of aliphatic carboxylic acids is 1. The first-order chi connectivity index (χ1) is 11.6. The van der Waals surface area contributed by atoms with E-state index in [-0.39, 0.29) is 18.9 Å².